The number of hydrogen-bond acceptors (Lipinski definition) is 0. The second-order valence-electron chi connectivity index (χ2n) is 16.8. The summed E-state index contributed by atoms with van der Waals surface area (Å²) in [6.45, 7) is 36.0. The molecule has 0 aromatic heterocycles. The van der Waals surface area contributed by atoms with Crippen molar-refractivity contribution < 1.29 is 23.3 Å². The van der Waals surface area contributed by atoms with Gasteiger partial charge in [0.05, 0.1) is 0 Å². The zero-order valence-electron chi connectivity index (χ0n) is 37.0. The van der Waals surface area contributed by atoms with Gasteiger partial charge in [0.1, 0.15) is 0 Å². The van der Waals surface area contributed by atoms with Gasteiger partial charge in [-0.1, -0.05) is 162 Å². The van der Waals surface area contributed by atoms with E-state index in [1.807, 2.05) is 6.92 Å². The van der Waals surface area contributed by atoms with Gasteiger partial charge < -0.3 is 14.4 Å². The number of halogens is 2. The molecule has 0 nitrogen and oxygen atoms in total. The molecule has 6 aromatic carbocycles. The van der Waals surface area contributed by atoms with Crippen LogP contribution >= 0.6 is 24.8 Å². The van der Waals surface area contributed by atoms with Crippen LogP contribution in [0, 0.1) is 28.2 Å². The van der Waals surface area contributed by atoms with Crippen molar-refractivity contribution >= 4 is 53.2 Å². The van der Waals surface area contributed by atoms with Crippen LogP contribution in [0.3, 0.4) is 0 Å². The van der Waals surface area contributed by atoms with Gasteiger partial charge in [0.2, 0.25) is 0 Å². The first-order valence-corrected chi connectivity index (χ1v) is 23.9. The van der Waals surface area contributed by atoms with E-state index in [1.54, 1.807) is 0 Å². The average Bonchev–Trinajstić information content (AvgIpc) is 3.69. The Morgan fingerprint density at radius 2 is 0.857 bits per heavy atom. The van der Waals surface area contributed by atoms with Crippen molar-refractivity contribution in [1.82, 2.24) is 0 Å². The van der Waals surface area contributed by atoms with E-state index in [0.717, 1.165) is 6.42 Å². The Morgan fingerprint density at radius 3 is 1.11 bits per heavy atom. The Bertz CT molecular complexity index is 1890. The summed E-state index contributed by atoms with van der Waals surface area (Å²) in [7, 11) is 0. The third kappa shape index (κ3) is 12.9. The van der Waals surface area contributed by atoms with Crippen LogP contribution in [-0.4, -0.2) is 6.88 Å². The summed E-state index contributed by atoms with van der Waals surface area (Å²) in [6, 6.07) is 36.5. The van der Waals surface area contributed by atoms with Crippen LogP contribution in [0.5, 0.6) is 0 Å². The molecule has 6 aromatic rings. The maximum absolute atomic E-state index is 3.49. The van der Waals surface area contributed by atoms with Crippen molar-refractivity contribution in [2.24, 2.45) is 0 Å². The molecule has 0 aliphatic carbocycles. The van der Waals surface area contributed by atoms with E-state index < -0.39 is 0 Å². The van der Waals surface area contributed by atoms with Crippen molar-refractivity contribution in [2.75, 3.05) is 0 Å². The molecule has 0 N–H and O–H groups in total. The van der Waals surface area contributed by atoms with Crippen LogP contribution in [0.15, 0.2) is 97.1 Å². The Hall–Kier alpha value is -2.22. The molecular formula is C52H70Cl2SiZr-4. The molecule has 0 aliphatic heterocycles. The van der Waals surface area contributed by atoms with E-state index in [1.165, 1.54) is 113 Å². The topological polar surface area (TPSA) is 0 Å². The first kappa shape index (κ1) is 53.8. The van der Waals surface area contributed by atoms with Crippen LogP contribution in [-0.2, 0) is 34.2 Å². The van der Waals surface area contributed by atoms with E-state index in [2.05, 4.69) is 194 Å². The predicted molar refractivity (Wildman–Crippen MR) is 257 cm³/mol. The summed E-state index contributed by atoms with van der Waals surface area (Å²) < 4.78 is 0. The van der Waals surface area contributed by atoms with Crippen molar-refractivity contribution in [3.8, 4) is 22.3 Å². The van der Waals surface area contributed by atoms with Crippen LogP contribution in [0.25, 0.3) is 43.8 Å². The molecule has 0 bridgehead atoms. The monoisotopic (exact) mass is 882 g/mol. The fraction of sp³-hybridized carbons (Fsp3) is 0.385. The molecule has 0 saturated heterocycles. The zero-order valence-corrected chi connectivity index (χ0v) is 42.1. The summed E-state index contributed by atoms with van der Waals surface area (Å²) >= 11 is 1.36. The molecule has 2 atom stereocenters. The fourth-order valence-corrected chi connectivity index (χ4v) is 7.51. The van der Waals surface area contributed by atoms with Gasteiger partial charge in [0, 0.05) is 0 Å². The van der Waals surface area contributed by atoms with E-state index in [4.69, 9.17) is 0 Å². The van der Waals surface area contributed by atoms with Gasteiger partial charge in [-0.25, -0.2) is 0 Å². The number of hydrogen-bond donors (Lipinski definition) is 0. The summed E-state index contributed by atoms with van der Waals surface area (Å²) in [5, 5.41) is 5.55. The number of aryl methyl sites for hydroxylation is 2. The van der Waals surface area contributed by atoms with E-state index >= 15 is 0 Å². The van der Waals surface area contributed by atoms with Gasteiger partial charge in [0.25, 0.3) is 0 Å². The zero-order chi connectivity index (χ0) is 39.7. The van der Waals surface area contributed by atoms with Gasteiger partial charge >= 0.3 is 30.2 Å². The quantitative estimate of drug-likeness (QED) is 0.115. The molecule has 0 spiro atoms. The third-order valence-corrected chi connectivity index (χ3v) is 10.8. The van der Waals surface area contributed by atoms with E-state index in [0.29, 0.717) is 11.8 Å². The molecule has 0 fully saturated rings. The third-order valence-electron chi connectivity index (χ3n) is 10.8. The molecule has 6 rings (SSSR count). The van der Waals surface area contributed by atoms with Crippen LogP contribution in [0.1, 0.15) is 141 Å². The SMILES string of the molecule is CCC(C)c1ccc(-c2cccc3[cH-]c(C(C)(C)C)c(C)c23)cc1.CCC(C)c1ccc(-c2cccc3[cH-]c(C(C)(C)C)c(C)c23)cc1.Cl.Cl.[CH2-]CC.[CH3-].[Si]=[Zr]. The maximum atomic E-state index is 3.49. The first-order valence-electron chi connectivity index (χ1n) is 19.7. The molecular weight excluding hydrogens is 815 g/mol. The van der Waals surface area contributed by atoms with E-state index in [9.17, 15) is 0 Å². The van der Waals surface area contributed by atoms with Crippen molar-refractivity contribution in [3.05, 3.63) is 145 Å². The summed E-state index contributed by atoms with van der Waals surface area (Å²) in [5.74, 6) is 1.26. The van der Waals surface area contributed by atoms with Gasteiger partial charge in [0.15, 0.2) is 0 Å². The van der Waals surface area contributed by atoms with Gasteiger partial charge in [-0.2, -0.15) is 17.5 Å². The van der Waals surface area contributed by atoms with Gasteiger partial charge in [-0.15, -0.1) is 93.9 Å². The summed E-state index contributed by atoms with van der Waals surface area (Å²) in [4.78, 5) is 0. The number of fused-ring (bicyclic) bond motifs is 2. The van der Waals surface area contributed by atoms with Crippen LogP contribution < -0.4 is 0 Å². The minimum absolute atomic E-state index is 0. The van der Waals surface area contributed by atoms with Crippen LogP contribution in [0.2, 0.25) is 0 Å². The van der Waals surface area contributed by atoms with Crippen molar-refractivity contribution in [1.29, 1.82) is 0 Å². The minimum atomic E-state index is 0. The average molecular weight is 885 g/mol. The molecule has 2 unspecified atom stereocenters. The number of benzene rings is 4. The normalized spacial score (nSPS) is 11.9. The Morgan fingerprint density at radius 1 is 0.571 bits per heavy atom. The Kier molecular flexibility index (Phi) is 23.1. The molecule has 56 heavy (non-hydrogen) atoms. The van der Waals surface area contributed by atoms with Crippen LogP contribution in [0.4, 0.5) is 0 Å². The van der Waals surface area contributed by atoms with Crippen molar-refractivity contribution in [2.45, 2.75) is 132 Å². The van der Waals surface area contributed by atoms with Gasteiger partial charge in [-0.05, 0) is 57.8 Å². The molecule has 2 radical (unpaired) electrons. The van der Waals surface area contributed by atoms with E-state index in [-0.39, 0.29) is 43.1 Å². The Balaban J connectivity index is 0.000000925. The first-order chi connectivity index (χ1) is 25.1. The Labute approximate surface area is 372 Å². The molecule has 0 amide bonds. The predicted octanol–water partition coefficient (Wildman–Crippen LogP) is 16.8. The van der Waals surface area contributed by atoms with Crippen molar-refractivity contribution in [3.63, 3.8) is 0 Å². The standard InChI is InChI=1S/2C24H29.C3H7.CH3.2ClH.Si.Zr/c2*1-7-16(2)18-11-13-19(14-12-18)21-10-8-9-20-15-22(24(4,5)6)17(3)23(20)21;1-3-2;;;;;/h2*8-16H,7H2,1-6H3;1,3H2,2H3;1H3;2*1H;;/q4*-1;;;;. The summed E-state index contributed by atoms with van der Waals surface area (Å²) in [5.41, 5.74) is 14.4. The molecule has 4 heteroatoms. The second-order valence-corrected chi connectivity index (χ2v) is 16.8. The molecule has 0 saturated carbocycles. The molecule has 304 valence electrons. The number of rotatable bonds is 6. The second kappa shape index (κ2) is 24.0. The summed E-state index contributed by atoms with van der Waals surface area (Å²) in [6.07, 6.45) is 3.37. The van der Waals surface area contributed by atoms with Gasteiger partial charge in [-0.3, -0.25) is 0 Å². The molecule has 0 aliphatic rings. The fourth-order valence-electron chi connectivity index (χ4n) is 7.51. The molecule has 0 heterocycles.